The molecular formula is C10H12FNO3. The van der Waals surface area contributed by atoms with Gasteiger partial charge in [0.25, 0.3) is 0 Å². The number of nitrogen functional groups attached to an aromatic ring is 1. The summed E-state index contributed by atoms with van der Waals surface area (Å²) in [4.78, 5) is 11.0. The van der Waals surface area contributed by atoms with Gasteiger partial charge in [-0.2, -0.15) is 0 Å². The summed E-state index contributed by atoms with van der Waals surface area (Å²) in [5.74, 6) is -1.11. The molecule has 4 nitrogen and oxygen atoms in total. The van der Waals surface area contributed by atoms with Crippen LogP contribution in [0.2, 0.25) is 0 Å². The Labute approximate surface area is 86.8 Å². The third kappa shape index (κ3) is 2.37. The van der Waals surface area contributed by atoms with Crippen molar-refractivity contribution in [3.63, 3.8) is 0 Å². The number of carbonyl (C=O) groups is 1. The van der Waals surface area contributed by atoms with Gasteiger partial charge in [-0.05, 0) is 12.1 Å². The van der Waals surface area contributed by atoms with E-state index >= 15 is 0 Å². The van der Waals surface area contributed by atoms with Crippen LogP contribution in [0.3, 0.4) is 0 Å². The predicted octanol–water partition coefficient (Wildman–Crippen LogP) is 1.13. The van der Waals surface area contributed by atoms with Crippen LogP contribution in [0.4, 0.5) is 10.1 Å². The van der Waals surface area contributed by atoms with Crippen LogP contribution in [-0.4, -0.2) is 20.2 Å². The fourth-order valence-corrected chi connectivity index (χ4v) is 1.17. The molecule has 0 saturated heterocycles. The molecule has 0 amide bonds. The zero-order valence-electron chi connectivity index (χ0n) is 8.54. The summed E-state index contributed by atoms with van der Waals surface area (Å²) in [6, 6.07) is 2.89. The van der Waals surface area contributed by atoms with Crippen molar-refractivity contribution >= 4 is 11.7 Å². The molecule has 1 aromatic carbocycles. The quantitative estimate of drug-likeness (QED) is 0.604. The molecule has 0 radical (unpaired) electrons. The first-order chi connectivity index (χ1) is 7.10. The van der Waals surface area contributed by atoms with Crippen LogP contribution in [0.25, 0.3) is 0 Å². The third-order valence-corrected chi connectivity index (χ3v) is 2.01. The van der Waals surface area contributed by atoms with Crippen molar-refractivity contribution in [1.29, 1.82) is 0 Å². The molecular weight excluding hydrogens is 201 g/mol. The van der Waals surface area contributed by atoms with E-state index in [1.165, 1.54) is 26.4 Å². The Morgan fingerprint density at radius 3 is 2.67 bits per heavy atom. The van der Waals surface area contributed by atoms with Crippen molar-refractivity contribution in [2.75, 3.05) is 20.0 Å². The van der Waals surface area contributed by atoms with Crippen molar-refractivity contribution in [3.8, 4) is 5.75 Å². The maximum absolute atomic E-state index is 13.6. The normalized spacial score (nSPS) is 9.80. The molecule has 0 spiro atoms. The smallest absolute Gasteiger partial charge is 0.310 e. The molecule has 0 saturated carbocycles. The van der Waals surface area contributed by atoms with E-state index in [-0.39, 0.29) is 23.4 Å². The number of ether oxygens (including phenoxy) is 2. The average Bonchev–Trinajstić information content (AvgIpc) is 2.24. The lowest BCUT2D eigenvalue weighted by atomic mass is 10.1. The standard InChI is InChI=1S/C10H12FNO3/c1-14-8-4-3-7(12)6(10(8)11)5-9(13)15-2/h3-4H,5,12H2,1-2H3. The van der Waals surface area contributed by atoms with Gasteiger partial charge in [-0.3, -0.25) is 4.79 Å². The maximum atomic E-state index is 13.6. The largest absolute Gasteiger partial charge is 0.494 e. The molecule has 15 heavy (non-hydrogen) atoms. The van der Waals surface area contributed by atoms with Crippen LogP contribution < -0.4 is 10.5 Å². The van der Waals surface area contributed by atoms with Crippen LogP contribution in [0.5, 0.6) is 5.75 Å². The van der Waals surface area contributed by atoms with Gasteiger partial charge in [-0.25, -0.2) is 4.39 Å². The SMILES string of the molecule is COC(=O)Cc1c(N)ccc(OC)c1F. The van der Waals surface area contributed by atoms with Crippen molar-refractivity contribution in [3.05, 3.63) is 23.5 Å². The van der Waals surface area contributed by atoms with Crippen LogP contribution in [0, 0.1) is 5.82 Å². The lowest BCUT2D eigenvalue weighted by Gasteiger charge is -2.09. The molecule has 0 aliphatic rings. The highest BCUT2D eigenvalue weighted by Gasteiger charge is 2.15. The number of methoxy groups -OCH3 is 2. The maximum Gasteiger partial charge on any atom is 0.310 e. The molecule has 0 aliphatic heterocycles. The van der Waals surface area contributed by atoms with Crippen LogP contribution in [-0.2, 0) is 16.0 Å². The number of esters is 1. The highest BCUT2D eigenvalue weighted by molar-refractivity contribution is 5.75. The van der Waals surface area contributed by atoms with Crippen LogP contribution >= 0.6 is 0 Å². The second-order valence-corrected chi connectivity index (χ2v) is 2.90. The van der Waals surface area contributed by atoms with Gasteiger partial charge in [0.2, 0.25) is 0 Å². The summed E-state index contributed by atoms with van der Waals surface area (Å²) in [7, 11) is 2.58. The van der Waals surface area contributed by atoms with E-state index in [1.54, 1.807) is 0 Å². The van der Waals surface area contributed by atoms with Gasteiger partial charge in [0.05, 0.1) is 20.6 Å². The Morgan fingerprint density at radius 1 is 1.47 bits per heavy atom. The number of nitrogens with two attached hydrogens (primary N) is 1. The zero-order valence-corrected chi connectivity index (χ0v) is 8.54. The summed E-state index contributed by atoms with van der Waals surface area (Å²) in [5.41, 5.74) is 5.85. The topological polar surface area (TPSA) is 61.5 Å². The van der Waals surface area contributed by atoms with Gasteiger partial charge in [0, 0.05) is 11.3 Å². The Hall–Kier alpha value is -1.78. The number of rotatable bonds is 3. The van der Waals surface area contributed by atoms with Gasteiger partial charge in [-0.1, -0.05) is 0 Å². The van der Waals surface area contributed by atoms with Crippen molar-refractivity contribution < 1.29 is 18.7 Å². The summed E-state index contributed by atoms with van der Waals surface area (Å²) >= 11 is 0. The summed E-state index contributed by atoms with van der Waals surface area (Å²) in [5, 5.41) is 0. The minimum atomic E-state index is -0.622. The molecule has 1 aromatic rings. The first-order valence-corrected chi connectivity index (χ1v) is 4.27. The van der Waals surface area contributed by atoms with E-state index in [4.69, 9.17) is 10.5 Å². The second-order valence-electron chi connectivity index (χ2n) is 2.90. The molecule has 0 heterocycles. The lowest BCUT2D eigenvalue weighted by molar-refractivity contribution is -0.139. The second kappa shape index (κ2) is 4.63. The number of benzene rings is 1. The number of hydrogen-bond donors (Lipinski definition) is 1. The van der Waals surface area contributed by atoms with Crippen molar-refractivity contribution in [2.24, 2.45) is 0 Å². The molecule has 0 fully saturated rings. The molecule has 0 bridgehead atoms. The molecule has 1 rings (SSSR count). The minimum absolute atomic E-state index is 0.0584. The van der Waals surface area contributed by atoms with E-state index in [9.17, 15) is 9.18 Å². The first kappa shape index (κ1) is 11.3. The molecule has 5 heteroatoms. The highest BCUT2D eigenvalue weighted by atomic mass is 19.1. The number of hydrogen-bond acceptors (Lipinski definition) is 4. The first-order valence-electron chi connectivity index (χ1n) is 4.27. The average molecular weight is 213 g/mol. The molecule has 0 unspecified atom stereocenters. The van der Waals surface area contributed by atoms with Crippen molar-refractivity contribution in [2.45, 2.75) is 6.42 Å². The van der Waals surface area contributed by atoms with Gasteiger partial charge in [0.1, 0.15) is 0 Å². The summed E-state index contributed by atoms with van der Waals surface area (Å²) < 4.78 is 22.8. The fraction of sp³-hybridized carbons (Fsp3) is 0.300. The molecule has 82 valence electrons. The Balaban J connectivity index is 3.09. The third-order valence-electron chi connectivity index (χ3n) is 2.01. The molecule has 0 aliphatic carbocycles. The fourth-order valence-electron chi connectivity index (χ4n) is 1.17. The van der Waals surface area contributed by atoms with Gasteiger partial charge in [0.15, 0.2) is 11.6 Å². The van der Waals surface area contributed by atoms with Gasteiger partial charge in [-0.15, -0.1) is 0 Å². The van der Waals surface area contributed by atoms with Crippen LogP contribution in [0.1, 0.15) is 5.56 Å². The van der Waals surface area contributed by atoms with E-state index in [1.807, 2.05) is 0 Å². The number of carbonyl (C=O) groups excluding carboxylic acids is 1. The Kier molecular flexibility index (Phi) is 3.49. The van der Waals surface area contributed by atoms with Gasteiger partial charge >= 0.3 is 5.97 Å². The molecule has 2 N–H and O–H groups in total. The van der Waals surface area contributed by atoms with Crippen LogP contribution in [0.15, 0.2) is 12.1 Å². The highest BCUT2D eigenvalue weighted by Crippen LogP contribution is 2.25. The zero-order chi connectivity index (χ0) is 11.4. The monoisotopic (exact) mass is 213 g/mol. The number of halogens is 1. The van der Waals surface area contributed by atoms with E-state index in [0.29, 0.717) is 0 Å². The Morgan fingerprint density at radius 2 is 2.13 bits per heavy atom. The number of anilines is 1. The Bertz CT molecular complexity index is 379. The summed E-state index contributed by atoms with van der Waals surface area (Å²) in [6.07, 6.45) is -0.203. The van der Waals surface area contributed by atoms with Crippen molar-refractivity contribution in [1.82, 2.24) is 0 Å². The van der Waals surface area contributed by atoms with E-state index in [0.717, 1.165) is 0 Å². The van der Waals surface area contributed by atoms with Gasteiger partial charge < -0.3 is 15.2 Å². The molecule has 0 atom stereocenters. The minimum Gasteiger partial charge on any atom is -0.494 e. The van der Waals surface area contributed by atoms with E-state index < -0.39 is 11.8 Å². The van der Waals surface area contributed by atoms with E-state index in [2.05, 4.69) is 4.74 Å². The lowest BCUT2D eigenvalue weighted by Crippen LogP contribution is -2.09. The molecule has 0 aromatic heterocycles. The predicted molar refractivity (Wildman–Crippen MR) is 53.1 cm³/mol. The summed E-state index contributed by atoms with van der Waals surface area (Å²) in [6.45, 7) is 0.